The lowest BCUT2D eigenvalue weighted by atomic mass is 10.0. The zero-order valence-electron chi connectivity index (χ0n) is 14.6. The Hall–Kier alpha value is -3.34. The number of hydrazone groups is 1. The zero-order valence-corrected chi connectivity index (χ0v) is 14.6. The van der Waals surface area contributed by atoms with E-state index in [-0.39, 0.29) is 17.4 Å². The van der Waals surface area contributed by atoms with Gasteiger partial charge in [0.25, 0.3) is 5.91 Å². The summed E-state index contributed by atoms with van der Waals surface area (Å²) in [6, 6.07) is 18.1. The van der Waals surface area contributed by atoms with Gasteiger partial charge in [0.05, 0.1) is 17.9 Å². The number of phenolic OH excluding ortho intramolecular Hbond substituents is 1. The predicted octanol–water partition coefficient (Wildman–Crippen LogP) is 4.10. The van der Waals surface area contributed by atoms with Crippen LogP contribution >= 0.6 is 0 Å². The van der Waals surface area contributed by atoms with Gasteiger partial charge in [-0.15, -0.1) is 0 Å². The summed E-state index contributed by atoms with van der Waals surface area (Å²) in [7, 11) is 0. The zero-order chi connectivity index (χ0) is 18.5. The number of fused-ring (bicyclic) bond motifs is 1. The van der Waals surface area contributed by atoms with Crippen LogP contribution < -0.4 is 10.2 Å². The lowest BCUT2D eigenvalue weighted by molar-refractivity contribution is 0.0952. The van der Waals surface area contributed by atoms with Crippen LogP contribution in [0, 0.1) is 0 Å². The lowest BCUT2D eigenvalue weighted by Crippen LogP contribution is -2.17. The first kappa shape index (κ1) is 17.5. The monoisotopic (exact) mass is 348 g/mol. The molecule has 0 unspecified atom stereocenters. The number of benzene rings is 3. The Kier molecular flexibility index (Phi) is 5.17. The first-order valence-corrected chi connectivity index (χ1v) is 8.36. The number of hydrogen-bond acceptors (Lipinski definition) is 4. The normalized spacial score (nSPS) is 11.2. The molecule has 0 aliphatic heterocycles. The van der Waals surface area contributed by atoms with E-state index < -0.39 is 5.91 Å². The number of hydrogen-bond donors (Lipinski definition) is 2. The van der Waals surface area contributed by atoms with Crippen LogP contribution in [0.2, 0.25) is 0 Å². The fourth-order valence-electron chi connectivity index (χ4n) is 2.65. The summed E-state index contributed by atoms with van der Waals surface area (Å²) in [5, 5.41) is 15.8. The Morgan fingerprint density at radius 1 is 1.08 bits per heavy atom. The molecule has 0 saturated heterocycles. The Bertz CT molecular complexity index is 964. The summed E-state index contributed by atoms with van der Waals surface area (Å²) < 4.78 is 5.87. The number of phenols is 1. The van der Waals surface area contributed by atoms with E-state index in [1.54, 1.807) is 18.3 Å². The molecule has 0 spiro atoms. The van der Waals surface area contributed by atoms with E-state index >= 15 is 0 Å². The van der Waals surface area contributed by atoms with Gasteiger partial charge in [-0.25, -0.2) is 5.43 Å². The van der Waals surface area contributed by atoms with Crippen LogP contribution in [0.15, 0.2) is 65.8 Å². The molecule has 0 aromatic heterocycles. The second-order valence-electron chi connectivity index (χ2n) is 6.08. The Morgan fingerprint density at radius 3 is 2.58 bits per heavy atom. The van der Waals surface area contributed by atoms with Crippen molar-refractivity contribution in [1.82, 2.24) is 5.43 Å². The highest BCUT2D eigenvalue weighted by molar-refractivity contribution is 6.03. The van der Waals surface area contributed by atoms with Gasteiger partial charge in [-0.1, -0.05) is 42.5 Å². The highest BCUT2D eigenvalue weighted by atomic mass is 16.5. The van der Waals surface area contributed by atoms with Crippen LogP contribution in [0.5, 0.6) is 11.5 Å². The van der Waals surface area contributed by atoms with Crippen molar-refractivity contribution in [2.75, 3.05) is 0 Å². The molecule has 1 amide bonds. The number of nitrogens with one attached hydrogen (secondary N) is 1. The molecule has 0 aliphatic carbocycles. The number of amides is 1. The molecule has 0 radical (unpaired) electrons. The molecule has 3 aromatic carbocycles. The molecule has 0 fully saturated rings. The van der Waals surface area contributed by atoms with Crippen molar-refractivity contribution >= 4 is 22.9 Å². The molecule has 2 N–H and O–H groups in total. The maximum absolute atomic E-state index is 12.2. The smallest absolute Gasteiger partial charge is 0.275 e. The van der Waals surface area contributed by atoms with E-state index in [1.165, 1.54) is 12.1 Å². The van der Waals surface area contributed by atoms with Crippen molar-refractivity contribution < 1.29 is 14.6 Å². The number of rotatable bonds is 5. The molecular formula is C21H20N2O3. The summed E-state index contributed by atoms with van der Waals surface area (Å²) in [4.78, 5) is 12.2. The van der Waals surface area contributed by atoms with E-state index in [0.29, 0.717) is 5.75 Å². The summed E-state index contributed by atoms with van der Waals surface area (Å²) in [5.41, 5.74) is 3.40. The second kappa shape index (κ2) is 7.70. The predicted molar refractivity (Wildman–Crippen MR) is 103 cm³/mol. The van der Waals surface area contributed by atoms with Crippen molar-refractivity contribution in [1.29, 1.82) is 0 Å². The van der Waals surface area contributed by atoms with Gasteiger partial charge in [0, 0.05) is 5.56 Å². The summed E-state index contributed by atoms with van der Waals surface area (Å²) in [5.74, 6) is 0.124. The standard InChI is InChI=1S/C21H20N2O3/c1-14(2)26-20-12-11-15-7-3-4-8-16(15)18(20)13-22-23-21(25)17-9-5-6-10-19(17)24/h3-14,24H,1-2H3,(H,23,25)/b22-13-. The van der Waals surface area contributed by atoms with Crippen molar-refractivity contribution in [3.8, 4) is 11.5 Å². The Labute approximate surface area is 151 Å². The number of carbonyl (C=O) groups is 1. The van der Waals surface area contributed by atoms with Gasteiger partial charge in [0.1, 0.15) is 11.5 Å². The van der Waals surface area contributed by atoms with E-state index in [2.05, 4.69) is 10.5 Å². The van der Waals surface area contributed by atoms with Crippen LogP contribution in [0.25, 0.3) is 10.8 Å². The van der Waals surface area contributed by atoms with Gasteiger partial charge in [0.15, 0.2) is 0 Å². The van der Waals surface area contributed by atoms with E-state index in [9.17, 15) is 9.90 Å². The maximum Gasteiger partial charge on any atom is 0.275 e. The van der Waals surface area contributed by atoms with Crippen molar-refractivity contribution in [3.05, 3.63) is 71.8 Å². The van der Waals surface area contributed by atoms with Crippen molar-refractivity contribution in [3.63, 3.8) is 0 Å². The number of nitrogens with zero attached hydrogens (tertiary/aromatic N) is 1. The number of para-hydroxylation sites is 1. The van der Waals surface area contributed by atoms with Crippen LogP contribution in [0.1, 0.15) is 29.8 Å². The Morgan fingerprint density at radius 2 is 1.81 bits per heavy atom. The fraction of sp³-hybridized carbons (Fsp3) is 0.143. The van der Waals surface area contributed by atoms with Crippen LogP contribution in [-0.4, -0.2) is 23.3 Å². The quantitative estimate of drug-likeness (QED) is 0.539. The van der Waals surface area contributed by atoms with Crippen molar-refractivity contribution in [2.45, 2.75) is 20.0 Å². The molecule has 0 heterocycles. The first-order valence-electron chi connectivity index (χ1n) is 8.36. The van der Waals surface area contributed by atoms with Crippen LogP contribution in [-0.2, 0) is 0 Å². The lowest BCUT2D eigenvalue weighted by Gasteiger charge is -2.14. The van der Waals surface area contributed by atoms with Gasteiger partial charge >= 0.3 is 0 Å². The van der Waals surface area contributed by atoms with Crippen LogP contribution in [0.3, 0.4) is 0 Å². The molecule has 3 aromatic rings. The Balaban J connectivity index is 1.90. The second-order valence-corrected chi connectivity index (χ2v) is 6.08. The molecule has 0 aliphatic rings. The third kappa shape index (κ3) is 3.83. The first-order chi connectivity index (χ1) is 12.6. The molecule has 0 bridgehead atoms. The van der Waals surface area contributed by atoms with Gasteiger partial charge < -0.3 is 9.84 Å². The average Bonchev–Trinajstić information content (AvgIpc) is 2.63. The summed E-state index contributed by atoms with van der Waals surface area (Å²) in [6.07, 6.45) is 1.58. The number of carbonyl (C=O) groups excluding carboxylic acids is 1. The molecule has 3 rings (SSSR count). The van der Waals surface area contributed by atoms with E-state index in [4.69, 9.17) is 4.74 Å². The molecule has 5 heteroatoms. The minimum atomic E-state index is -0.481. The third-order valence-corrected chi connectivity index (χ3v) is 3.80. The minimum absolute atomic E-state index is 0.0131. The fourth-order valence-corrected chi connectivity index (χ4v) is 2.65. The highest BCUT2D eigenvalue weighted by Gasteiger charge is 2.11. The molecule has 0 saturated carbocycles. The molecule has 26 heavy (non-hydrogen) atoms. The summed E-state index contributed by atoms with van der Waals surface area (Å²) >= 11 is 0. The number of aromatic hydroxyl groups is 1. The molecule has 0 atom stereocenters. The number of ether oxygens (including phenoxy) is 1. The molecule has 132 valence electrons. The van der Waals surface area contributed by atoms with Gasteiger partial charge in [-0.3, -0.25) is 4.79 Å². The largest absolute Gasteiger partial charge is 0.507 e. The third-order valence-electron chi connectivity index (χ3n) is 3.80. The van der Waals surface area contributed by atoms with Crippen LogP contribution in [0.4, 0.5) is 0 Å². The van der Waals surface area contributed by atoms with E-state index in [1.807, 2.05) is 50.2 Å². The van der Waals surface area contributed by atoms with Gasteiger partial charge in [-0.05, 0) is 42.8 Å². The summed E-state index contributed by atoms with van der Waals surface area (Å²) in [6.45, 7) is 3.91. The van der Waals surface area contributed by atoms with Gasteiger partial charge in [0.2, 0.25) is 0 Å². The van der Waals surface area contributed by atoms with Crippen molar-refractivity contribution in [2.24, 2.45) is 5.10 Å². The molecular weight excluding hydrogens is 328 g/mol. The van der Waals surface area contributed by atoms with Gasteiger partial charge in [-0.2, -0.15) is 5.10 Å². The molecule has 5 nitrogen and oxygen atoms in total. The highest BCUT2D eigenvalue weighted by Crippen LogP contribution is 2.27. The SMILES string of the molecule is CC(C)Oc1ccc2ccccc2c1/C=N\NC(=O)c1ccccc1O. The maximum atomic E-state index is 12.2. The minimum Gasteiger partial charge on any atom is -0.507 e. The average molecular weight is 348 g/mol. The topological polar surface area (TPSA) is 70.9 Å². The van der Waals surface area contributed by atoms with E-state index in [0.717, 1.165) is 16.3 Å².